The number of hydrogen-bond donors (Lipinski definition) is 1. The van der Waals surface area contributed by atoms with Gasteiger partial charge in [-0.05, 0) is 64.4 Å². The third kappa shape index (κ3) is 3.11. The minimum absolute atomic E-state index is 0.546. The Kier molecular flexibility index (Phi) is 4.83. The summed E-state index contributed by atoms with van der Waals surface area (Å²) in [6.07, 6.45) is 6.68. The number of hydrogen-bond acceptors (Lipinski definition) is 4. The Bertz CT molecular complexity index is 638. The molecule has 0 aromatic carbocycles. The number of anilines is 1. The molecule has 3 rings (SSSR count). The van der Waals surface area contributed by atoms with Gasteiger partial charge >= 0.3 is 0 Å². The van der Waals surface area contributed by atoms with Gasteiger partial charge in [0.15, 0.2) is 11.6 Å². The van der Waals surface area contributed by atoms with Crippen molar-refractivity contribution < 1.29 is 4.42 Å². The standard InChI is InChI=1S/C15H17BrIN3O/c1-2-18-14-11(17)12(9-5-3-4-6-9)19-15(20-14)13-10(16)7-8-21-13/h7-9H,2-6H2,1H3,(H,18,19,20). The quantitative estimate of drug-likeness (QED) is 0.636. The van der Waals surface area contributed by atoms with Crippen molar-refractivity contribution in [3.05, 3.63) is 26.1 Å². The normalized spacial score (nSPS) is 15.6. The van der Waals surface area contributed by atoms with Gasteiger partial charge < -0.3 is 9.73 Å². The molecule has 4 nitrogen and oxygen atoms in total. The Morgan fingerprint density at radius 1 is 1.38 bits per heavy atom. The second-order valence-electron chi connectivity index (χ2n) is 5.20. The van der Waals surface area contributed by atoms with E-state index in [0.717, 1.165) is 26.1 Å². The van der Waals surface area contributed by atoms with Crippen LogP contribution in [0, 0.1) is 3.57 Å². The fraction of sp³-hybridized carbons (Fsp3) is 0.467. The van der Waals surface area contributed by atoms with Gasteiger partial charge in [0.2, 0.25) is 0 Å². The van der Waals surface area contributed by atoms with E-state index in [1.165, 1.54) is 25.7 Å². The lowest BCUT2D eigenvalue weighted by atomic mass is 10.0. The zero-order chi connectivity index (χ0) is 14.8. The van der Waals surface area contributed by atoms with E-state index in [9.17, 15) is 0 Å². The van der Waals surface area contributed by atoms with Crippen LogP contribution in [-0.4, -0.2) is 16.5 Å². The summed E-state index contributed by atoms with van der Waals surface area (Å²) in [6, 6.07) is 1.87. The molecule has 1 fully saturated rings. The Labute approximate surface area is 146 Å². The van der Waals surface area contributed by atoms with Gasteiger partial charge in [0.05, 0.1) is 20.0 Å². The Hall–Kier alpha value is -0.630. The van der Waals surface area contributed by atoms with Gasteiger partial charge in [-0.3, -0.25) is 0 Å². The largest absolute Gasteiger partial charge is 0.460 e. The van der Waals surface area contributed by atoms with Gasteiger partial charge in [-0.15, -0.1) is 0 Å². The summed E-state index contributed by atoms with van der Waals surface area (Å²) in [5.74, 6) is 2.81. The average molecular weight is 462 g/mol. The van der Waals surface area contributed by atoms with E-state index in [4.69, 9.17) is 9.40 Å². The van der Waals surface area contributed by atoms with Crippen LogP contribution in [0.5, 0.6) is 0 Å². The van der Waals surface area contributed by atoms with Crippen LogP contribution in [0.15, 0.2) is 21.2 Å². The number of nitrogens with one attached hydrogen (secondary N) is 1. The van der Waals surface area contributed by atoms with Crippen LogP contribution in [0.25, 0.3) is 11.6 Å². The molecule has 0 atom stereocenters. The Morgan fingerprint density at radius 3 is 2.76 bits per heavy atom. The van der Waals surface area contributed by atoms with E-state index < -0.39 is 0 Å². The number of furan rings is 1. The predicted octanol–water partition coefficient (Wildman–Crippen LogP) is 5.19. The maximum absolute atomic E-state index is 5.54. The van der Waals surface area contributed by atoms with Crippen molar-refractivity contribution in [2.75, 3.05) is 11.9 Å². The summed E-state index contributed by atoms with van der Waals surface area (Å²) in [4.78, 5) is 9.46. The molecule has 2 heterocycles. The second-order valence-corrected chi connectivity index (χ2v) is 7.14. The monoisotopic (exact) mass is 461 g/mol. The van der Waals surface area contributed by atoms with Crippen LogP contribution < -0.4 is 5.32 Å². The van der Waals surface area contributed by atoms with Gasteiger partial charge in [-0.25, -0.2) is 9.97 Å². The van der Waals surface area contributed by atoms with E-state index in [1.54, 1.807) is 6.26 Å². The van der Waals surface area contributed by atoms with Gasteiger partial charge in [-0.1, -0.05) is 12.8 Å². The number of aromatic nitrogens is 2. The van der Waals surface area contributed by atoms with Crippen LogP contribution in [0.3, 0.4) is 0 Å². The van der Waals surface area contributed by atoms with Gasteiger partial charge in [0.1, 0.15) is 5.82 Å². The van der Waals surface area contributed by atoms with Crippen molar-refractivity contribution in [2.24, 2.45) is 0 Å². The van der Waals surface area contributed by atoms with Gasteiger partial charge in [0, 0.05) is 12.5 Å². The Balaban J connectivity index is 2.10. The molecule has 0 saturated heterocycles. The fourth-order valence-corrected chi connectivity index (χ4v) is 4.02. The summed E-state index contributed by atoms with van der Waals surface area (Å²) in [5, 5.41) is 3.35. The van der Waals surface area contributed by atoms with Crippen LogP contribution in [-0.2, 0) is 0 Å². The minimum Gasteiger partial charge on any atom is -0.460 e. The summed E-state index contributed by atoms with van der Waals surface area (Å²) >= 11 is 5.86. The molecule has 0 amide bonds. The number of nitrogens with zero attached hydrogens (tertiary/aromatic N) is 2. The molecule has 0 unspecified atom stereocenters. The smallest absolute Gasteiger partial charge is 0.199 e. The maximum atomic E-state index is 5.54. The van der Waals surface area contributed by atoms with Crippen LogP contribution >= 0.6 is 38.5 Å². The SMILES string of the molecule is CCNc1nc(-c2occc2Br)nc(C2CCCC2)c1I. The molecule has 1 aliphatic carbocycles. The predicted molar refractivity (Wildman–Crippen MR) is 95.5 cm³/mol. The highest BCUT2D eigenvalue weighted by Gasteiger charge is 2.25. The molecule has 0 spiro atoms. The van der Waals surface area contributed by atoms with Gasteiger partial charge in [0.25, 0.3) is 0 Å². The third-order valence-electron chi connectivity index (χ3n) is 3.78. The van der Waals surface area contributed by atoms with Gasteiger partial charge in [-0.2, -0.15) is 0 Å². The van der Waals surface area contributed by atoms with E-state index in [1.807, 2.05) is 6.07 Å². The molecule has 1 saturated carbocycles. The Morgan fingerprint density at radius 2 is 2.14 bits per heavy atom. The first-order chi connectivity index (χ1) is 10.2. The average Bonchev–Trinajstić information content (AvgIpc) is 3.13. The minimum atomic E-state index is 0.546. The molecule has 0 aliphatic heterocycles. The van der Waals surface area contributed by atoms with Crippen molar-refractivity contribution >= 4 is 44.3 Å². The summed E-state index contributed by atoms with van der Waals surface area (Å²) < 4.78 is 7.58. The van der Waals surface area contributed by atoms with E-state index in [0.29, 0.717) is 17.5 Å². The van der Waals surface area contributed by atoms with E-state index in [2.05, 4.69) is 55.7 Å². The van der Waals surface area contributed by atoms with Crippen LogP contribution in [0.1, 0.15) is 44.2 Å². The van der Waals surface area contributed by atoms with Crippen LogP contribution in [0.2, 0.25) is 0 Å². The van der Waals surface area contributed by atoms with Crippen molar-refractivity contribution in [1.29, 1.82) is 0 Å². The van der Waals surface area contributed by atoms with Crippen LogP contribution in [0.4, 0.5) is 5.82 Å². The first kappa shape index (κ1) is 15.3. The summed E-state index contributed by atoms with van der Waals surface area (Å²) in [6.45, 7) is 2.92. The molecule has 6 heteroatoms. The maximum Gasteiger partial charge on any atom is 0.199 e. The lowest BCUT2D eigenvalue weighted by Crippen LogP contribution is -2.10. The molecule has 0 radical (unpaired) electrons. The zero-order valence-corrected chi connectivity index (χ0v) is 15.6. The van der Waals surface area contributed by atoms with E-state index in [-0.39, 0.29) is 0 Å². The summed E-state index contributed by atoms with van der Waals surface area (Å²) in [7, 11) is 0. The van der Waals surface area contributed by atoms with E-state index >= 15 is 0 Å². The topological polar surface area (TPSA) is 51.0 Å². The zero-order valence-electron chi connectivity index (χ0n) is 11.8. The first-order valence-corrected chi connectivity index (χ1v) is 9.12. The molecule has 1 aliphatic rings. The fourth-order valence-electron chi connectivity index (χ4n) is 2.77. The van der Waals surface area contributed by atoms with Crippen molar-refractivity contribution in [2.45, 2.75) is 38.5 Å². The number of halogens is 2. The molecule has 112 valence electrons. The lowest BCUT2D eigenvalue weighted by Gasteiger charge is -2.15. The molecule has 2 aromatic heterocycles. The van der Waals surface area contributed by atoms with Crippen molar-refractivity contribution in [3.8, 4) is 11.6 Å². The van der Waals surface area contributed by atoms with Crippen molar-refractivity contribution in [3.63, 3.8) is 0 Å². The molecule has 2 aromatic rings. The highest BCUT2D eigenvalue weighted by Crippen LogP contribution is 2.38. The second kappa shape index (κ2) is 6.64. The highest BCUT2D eigenvalue weighted by atomic mass is 127. The molecule has 0 bridgehead atoms. The molecule has 1 N–H and O–H groups in total. The first-order valence-electron chi connectivity index (χ1n) is 7.25. The lowest BCUT2D eigenvalue weighted by molar-refractivity contribution is 0.574. The highest BCUT2D eigenvalue weighted by molar-refractivity contribution is 14.1. The van der Waals surface area contributed by atoms with Crippen molar-refractivity contribution in [1.82, 2.24) is 9.97 Å². The number of rotatable bonds is 4. The molecular formula is C15H17BrIN3O. The third-order valence-corrected chi connectivity index (χ3v) is 5.47. The molecular weight excluding hydrogens is 445 g/mol. The molecule has 21 heavy (non-hydrogen) atoms. The summed E-state index contributed by atoms with van der Waals surface area (Å²) in [5.41, 5.74) is 1.16.